The van der Waals surface area contributed by atoms with Crippen molar-refractivity contribution in [3.63, 3.8) is 0 Å². The maximum atomic E-state index is 13.4. The van der Waals surface area contributed by atoms with E-state index >= 15 is 0 Å². The summed E-state index contributed by atoms with van der Waals surface area (Å²) in [5.41, 5.74) is 2.53. The van der Waals surface area contributed by atoms with Gasteiger partial charge in [0.25, 0.3) is 0 Å². The Bertz CT molecular complexity index is 1180. The van der Waals surface area contributed by atoms with Gasteiger partial charge in [-0.1, -0.05) is 6.07 Å². The number of aromatic nitrogens is 3. The summed E-state index contributed by atoms with van der Waals surface area (Å²) in [6, 6.07) is 9.24. The molecule has 2 atom stereocenters. The molecule has 3 aromatic rings. The summed E-state index contributed by atoms with van der Waals surface area (Å²) in [7, 11) is 0. The van der Waals surface area contributed by atoms with Gasteiger partial charge in [-0.2, -0.15) is 10.1 Å². The van der Waals surface area contributed by atoms with Gasteiger partial charge in [-0.15, -0.1) is 0 Å². The first-order valence-electron chi connectivity index (χ1n) is 10.1. The lowest BCUT2D eigenvalue weighted by Crippen LogP contribution is -2.33. The quantitative estimate of drug-likeness (QED) is 0.700. The van der Waals surface area contributed by atoms with E-state index < -0.39 is 0 Å². The second-order valence-electron chi connectivity index (χ2n) is 7.79. The fraction of sp³-hybridized carbons (Fsp3) is 0.318. The first-order chi connectivity index (χ1) is 14.7. The van der Waals surface area contributed by atoms with Crippen LogP contribution in [0, 0.1) is 6.92 Å². The molecule has 1 aliphatic carbocycles. The van der Waals surface area contributed by atoms with Crippen LogP contribution in [0.3, 0.4) is 0 Å². The van der Waals surface area contributed by atoms with Crippen molar-refractivity contribution >= 4 is 11.7 Å². The van der Waals surface area contributed by atoms with E-state index in [1.165, 1.54) is 0 Å². The standard InChI is InChI=1S/C22H20N4O4/c1-12-23-22-24-15-9-14(17-3-2-6-28-17)10-16(27)20(15)21(26(22)25-12)13-4-5-18-19(11-13)30-8-7-29-18/h2-6,11,14,21H,7-10H2,1H3,(H,23,24,25). The van der Waals surface area contributed by atoms with Crippen molar-refractivity contribution in [1.29, 1.82) is 0 Å². The van der Waals surface area contributed by atoms with Crippen molar-refractivity contribution in [1.82, 2.24) is 14.8 Å². The molecule has 4 heterocycles. The second-order valence-corrected chi connectivity index (χ2v) is 7.79. The van der Waals surface area contributed by atoms with Gasteiger partial charge in [0.2, 0.25) is 5.95 Å². The van der Waals surface area contributed by atoms with E-state index in [-0.39, 0.29) is 17.7 Å². The van der Waals surface area contributed by atoms with Crippen molar-refractivity contribution in [2.45, 2.75) is 31.7 Å². The second kappa shape index (κ2) is 6.48. The van der Waals surface area contributed by atoms with E-state index in [4.69, 9.17) is 13.9 Å². The maximum absolute atomic E-state index is 13.4. The van der Waals surface area contributed by atoms with E-state index in [0.29, 0.717) is 43.6 Å². The van der Waals surface area contributed by atoms with Gasteiger partial charge in [-0.05, 0) is 43.2 Å². The monoisotopic (exact) mass is 404 g/mol. The van der Waals surface area contributed by atoms with Crippen LogP contribution in [0.15, 0.2) is 52.3 Å². The summed E-state index contributed by atoms with van der Waals surface area (Å²) in [5, 5.41) is 7.94. The zero-order valence-electron chi connectivity index (χ0n) is 16.4. The van der Waals surface area contributed by atoms with Crippen molar-refractivity contribution in [3.8, 4) is 11.5 Å². The van der Waals surface area contributed by atoms with Gasteiger partial charge < -0.3 is 19.2 Å². The third kappa shape index (κ3) is 2.63. The topological polar surface area (TPSA) is 91.4 Å². The number of nitrogens with one attached hydrogen (secondary N) is 1. The van der Waals surface area contributed by atoms with Gasteiger partial charge in [0, 0.05) is 23.6 Å². The molecule has 1 N–H and O–H groups in total. The molecule has 3 aliphatic rings. The van der Waals surface area contributed by atoms with E-state index in [0.717, 1.165) is 28.3 Å². The Morgan fingerprint density at radius 2 is 2.00 bits per heavy atom. The number of hydrogen-bond donors (Lipinski definition) is 1. The molecule has 0 spiro atoms. The molecule has 8 heteroatoms. The van der Waals surface area contributed by atoms with Gasteiger partial charge in [0.1, 0.15) is 30.8 Å². The van der Waals surface area contributed by atoms with E-state index in [1.807, 2.05) is 37.3 Å². The number of ether oxygens (including phenoxy) is 2. The molecule has 2 aliphatic heterocycles. The number of benzene rings is 1. The Balaban J connectivity index is 1.47. The minimum absolute atomic E-state index is 0.00948. The summed E-state index contributed by atoms with van der Waals surface area (Å²) in [6.45, 7) is 2.89. The molecule has 1 aromatic carbocycles. The van der Waals surface area contributed by atoms with Crippen LogP contribution in [0.1, 0.15) is 41.9 Å². The van der Waals surface area contributed by atoms with Crippen molar-refractivity contribution in [2.75, 3.05) is 18.5 Å². The predicted molar refractivity (Wildman–Crippen MR) is 107 cm³/mol. The molecule has 0 saturated carbocycles. The van der Waals surface area contributed by atoms with Gasteiger partial charge in [0.15, 0.2) is 17.3 Å². The van der Waals surface area contributed by atoms with Crippen molar-refractivity contribution in [2.24, 2.45) is 0 Å². The highest BCUT2D eigenvalue weighted by atomic mass is 16.6. The SMILES string of the molecule is Cc1nc2n(n1)C(c1ccc3c(c1)OCCO3)C1=C(CC(c3ccco3)CC1=O)N2. The van der Waals surface area contributed by atoms with Gasteiger partial charge in [-0.3, -0.25) is 4.79 Å². The average Bonchev–Trinajstić information content (AvgIpc) is 3.41. The predicted octanol–water partition coefficient (Wildman–Crippen LogP) is 3.37. The Morgan fingerprint density at radius 3 is 2.83 bits per heavy atom. The van der Waals surface area contributed by atoms with Crippen molar-refractivity contribution in [3.05, 3.63) is 65.0 Å². The number of hydrogen-bond acceptors (Lipinski definition) is 7. The number of nitrogens with zero attached hydrogens (tertiary/aromatic N) is 3. The van der Waals surface area contributed by atoms with Crippen LogP contribution in [0.4, 0.5) is 5.95 Å². The van der Waals surface area contributed by atoms with Crippen molar-refractivity contribution < 1.29 is 18.7 Å². The number of aryl methyl sites for hydroxylation is 1. The molecule has 8 nitrogen and oxygen atoms in total. The molecule has 6 rings (SSSR count). The number of anilines is 1. The lowest BCUT2D eigenvalue weighted by atomic mass is 9.79. The first kappa shape index (κ1) is 17.3. The molecular weight excluding hydrogens is 384 g/mol. The van der Waals surface area contributed by atoms with Gasteiger partial charge in [0.05, 0.1) is 6.26 Å². The minimum Gasteiger partial charge on any atom is -0.486 e. The van der Waals surface area contributed by atoms with Crippen LogP contribution in [0.5, 0.6) is 11.5 Å². The molecule has 2 unspecified atom stereocenters. The lowest BCUT2D eigenvalue weighted by molar-refractivity contribution is -0.117. The molecule has 0 radical (unpaired) electrons. The van der Waals surface area contributed by atoms with Crippen LogP contribution in [0.2, 0.25) is 0 Å². The zero-order valence-corrected chi connectivity index (χ0v) is 16.4. The number of furan rings is 1. The normalized spacial score (nSPS) is 22.4. The van der Waals surface area contributed by atoms with Crippen LogP contribution >= 0.6 is 0 Å². The minimum atomic E-state index is -0.363. The highest BCUT2D eigenvalue weighted by Crippen LogP contribution is 2.45. The molecule has 0 saturated heterocycles. The Morgan fingerprint density at radius 1 is 1.13 bits per heavy atom. The number of ketones is 1. The number of rotatable bonds is 2. The lowest BCUT2D eigenvalue weighted by Gasteiger charge is -2.34. The van der Waals surface area contributed by atoms with Crippen LogP contribution in [-0.2, 0) is 4.79 Å². The zero-order chi connectivity index (χ0) is 20.2. The Kier molecular flexibility index (Phi) is 3.74. The summed E-state index contributed by atoms with van der Waals surface area (Å²) >= 11 is 0. The van der Waals surface area contributed by atoms with Crippen LogP contribution < -0.4 is 14.8 Å². The molecular formula is C22H20N4O4. The smallest absolute Gasteiger partial charge is 0.226 e. The number of carbonyl (C=O) groups is 1. The van der Waals surface area contributed by atoms with E-state index in [9.17, 15) is 4.79 Å². The number of fused-ring (bicyclic) bond motifs is 2. The number of Topliss-reactive ketones (excluding diaryl/α,β-unsaturated/α-hetero) is 1. The fourth-order valence-electron chi connectivity index (χ4n) is 4.58. The molecule has 0 fully saturated rings. The maximum Gasteiger partial charge on any atom is 0.226 e. The highest BCUT2D eigenvalue weighted by molar-refractivity contribution is 6.00. The molecule has 0 bridgehead atoms. The summed E-state index contributed by atoms with van der Waals surface area (Å²) in [6.07, 6.45) is 2.73. The summed E-state index contributed by atoms with van der Waals surface area (Å²) < 4.78 is 18.8. The van der Waals surface area contributed by atoms with Crippen LogP contribution in [0.25, 0.3) is 0 Å². The highest BCUT2D eigenvalue weighted by Gasteiger charge is 2.40. The van der Waals surface area contributed by atoms with E-state index in [2.05, 4.69) is 15.4 Å². The largest absolute Gasteiger partial charge is 0.486 e. The number of carbonyl (C=O) groups excluding carboxylic acids is 1. The molecule has 152 valence electrons. The summed E-state index contributed by atoms with van der Waals surface area (Å²) in [5.74, 6) is 3.62. The molecule has 0 amide bonds. The van der Waals surface area contributed by atoms with Gasteiger partial charge >= 0.3 is 0 Å². The molecule has 30 heavy (non-hydrogen) atoms. The Hall–Kier alpha value is -3.55. The third-order valence-corrected chi connectivity index (χ3v) is 5.85. The number of allylic oxidation sites excluding steroid dienone is 2. The first-order valence-corrected chi connectivity index (χ1v) is 10.1. The Labute approximate surface area is 172 Å². The molecule has 2 aromatic heterocycles. The van der Waals surface area contributed by atoms with Gasteiger partial charge in [-0.25, -0.2) is 4.68 Å². The van der Waals surface area contributed by atoms with E-state index in [1.54, 1.807) is 10.9 Å². The third-order valence-electron chi connectivity index (χ3n) is 5.85. The summed E-state index contributed by atoms with van der Waals surface area (Å²) in [4.78, 5) is 17.9. The average molecular weight is 404 g/mol. The van der Waals surface area contributed by atoms with Crippen LogP contribution in [-0.4, -0.2) is 33.8 Å². The fourth-order valence-corrected chi connectivity index (χ4v) is 4.58.